The predicted octanol–water partition coefficient (Wildman–Crippen LogP) is 2.19. The van der Waals surface area contributed by atoms with E-state index in [2.05, 4.69) is 20.5 Å². The van der Waals surface area contributed by atoms with Gasteiger partial charge in [0.15, 0.2) is 5.82 Å². The third kappa shape index (κ3) is 4.10. The number of rotatable bonds is 5. The van der Waals surface area contributed by atoms with Gasteiger partial charge >= 0.3 is 0 Å². The largest absolute Gasteiger partial charge is 0.381 e. The van der Waals surface area contributed by atoms with Gasteiger partial charge in [-0.25, -0.2) is 4.98 Å². The summed E-state index contributed by atoms with van der Waals surface area (Å²) in [6.45, 7) is 4.24. The fraction of sp³-hybridized carbons (Fsp3) is 0.579. The van der Waals surface area contributed by atoms with Crippen LogP contribution in [-0.4, -0.2) is 51.7 Å². The quantitative estimate of drug-likeness (QED) is 0.797. The molecule has 2 amide bonds. The molecular weight excluding hydrogens is 378 g/mol. The zero-order valence-electron chi connectivity index (χ0n) is 15.9. The van der Waals surface area contributed by atoms with Gasteiger partial charge in [-0.05, 0) is 44.7 Å². The third-order valence-electron chi connectivity index (χ3n) is 5.34. The molecule has 0 bridgehead atoms. The first kappa shape index (κ1) is 19.1. The van der Waals surface area contributed by atoms with Gasteiger partial charge in [-0.3, -0.25) is 14.7 Å². The Morgan fingerprint density at radius 1 is 1.32 bits per heavy atom. The van der Waals surface area contributed by atoms with Crippen LogP contribution in [0.15, 0.2) is 12.1 Å². The van der Waals surface area contributed by atoms with Crippen LogP contribution in [0.3, 0.4) is 0 Å². The summed E-state index contributed by atoms with van der Waals surface area (Å²) in [7, 11) is 0. The van der Waals surface area contributed by atoms with Gasteiger partial charge in [-0.15, -0.1) is 11.3 Å². The summed E-state index contributed by atoms with van der Waals surface area (Å²) in [4.78, 5) is 33.3. The third-order valence-corrected chi connectivity index (χ3v) is 6.52. The molecule has 0 aliphatic carbocycles. The van der Waals surface area contributed by atoms with Crippen molar-refractivity contribution < 1.29 is 14.3 Å². The smallest absolute Gasteiger partial charge is 0.261 e. The molecule has 0 spiro atoms. The Labute approximate surface area is 167 Å². The Kier molecular flexibility index (Phi) is 5.72. The Bertz CT molecular complexity index is 842. The summed E-state index contributed by atoms with van der Waals surface area (Å²) < 4.78 is 5.39. The number of carbonyl (C=O) groups excluding carboxylic acids is 2. The maximum absolute atomic E-state index is 13.0. The van der Waals surface area contributed by atoms with Crippen LogP contribution in [0.1, 0.15) is 57.9 Å². The monoisotopic (exact) mass is 403 g/mol. The standard InChI is InChI=1S/C19H25N5O3S/c1-12-21-17(23-22-12)11-20-18(25)16-5-4-15(28-16)14-3-2-8-24(14)19(26)13-6-9-27-10-7-13/h4-5,13-14H,2-3,6-11H2,1H3,(H,20,25)(H,21,22,23). The molecule has 2 N–H and O–H groups in total. The van der Waals surface area contributed by atoms with Gasteiger partial charge in [0.2, 0.25) is 5.91 Å². The lowest BCUT2D eigenvalue weighted by Gasteiger charge is -2.30. The van der Waals surface area contributed by atoms with Crippen LogP contribution in [-0.2, 0) is 16.1 Å². The molecule has 4 heterocycles. The van der Waals surface area contributed by atoms with Gasteiger partial charge in [-0.1, -0.05) is 0 Å². The molecule has 4 rings (SSSR count). The van der Waals surface area contributed by atoms with E-state index in [1.54, 1.807) is 0 Å². The number of nitrogens with one attached hydrogen (secondary N) is 2. The number of likely N-dealkylation sites (tertiary alicyclic amines) is 1. The second-order valence-electron chi connectivity index (χ2n) is 7.30. The van der Waals surface area contributed by atoms with E-state index in [1.165, 1.54) is 11.3 Å². The highest BCUT2D eigenvalue weighted by atomic mass is 32.1. The summed E-state index contributed by atoms with van der Waals surface area (Å²) in [5.74, 6) is 1.45. The van der Waals surface area contributed by atoms with Crippen LogP contribution in [0, 0.1) is 12.8 Å². The van der Waals surface area contributed by atoms with Crippen molar-refractivity contribution in [3.05, 3.63) is 33.5 Å². The zero-order valence-corrected chi connectivity index (χ0v) is 16.8. The molecule has 2 aromatic rings. The van der Waals surface area contributed by atoms with E-state index in [9.17, 15) is 9.59 Å². The molecule has 0 aromatic carbocycles. The lowest BCUT2D eigenvalue weighted by atomic mass is 9.98. The normalized spacial score (nSPS) is 20.5. The number of nitrogens with zero attached hydrogens (tertiary/aromatic N) is 3. The van der Waals surface area contributed by atoms with E-state index in [0.29, 0.717) is 23.9 Å². The Hall–Kier alpha value is -2.26. The second-order valence-corrected chi connectivity index (χ2v) is 8.41. The van der Waals surface area contributed by atoms with Crippen molar-refractivity contribution in [3.8, 4) is 0 Å². The Balaban J connectivity index is 1.39. The SMILES string of the molecule is Cc1nc(CNC(=O)c2ccc(C3CCCN3C(=O)C3CCOCC3)s2)n[nH]1. The lowest BCUT2D eigenvalue weighted by molar-refractivity contribution is -0.139. The average molecular weight is 404 g/mol. The van der Waals surface area contributed by atoms with E-state index < -0.39 is 0 Å². The van der Waals surface area contributed by atoms with E-state index in [4.69, 9.17) is 4.74 Å². The fourth-order valence-electron chi connectivity index (χ4n) is 3.87. The maximum atomic E-state index is 13.0. The molecule has 1 unspecified atom stereocenters. The van der Waals surface area contributed by atoms with Crippen LogP contribution >= 0.6 is 11.3 Å². The van der Waals surface area contributed by atoms with E-state index in [-0.39, 0.29) is 30.3 Å². The highest BCUT2D eigenvalue weighted by molar-refractivity contribution is 7.14. The van der Waals surface area contributed by atoms with Crippen molar-refractivity contribution in [3.63, 3.8) is 0 Å². The van der Waals surface area contributed by atoms with Crippen LogP contribution in [0.2, 0.25) is 0 Å². The minimum atomic E-state index is -0.140. The molecule has 28 heavy (non-hydrogen) atoms. The number of H-pyrrole nitrogens is 1. The van der Waals surface area contributed by atoms with Crippen molar-refractivity contribution in [1.82, 2.24) is 25.4 Å². The number of carbonyl (C=O) groups is 2. The minimum absolute atomic E-state index is 0.0712. The average Bonchev–Trinajstić information content (AvgIpc) is 3.46. The zero-order chi connectivity index (χ0) is 19.5. The van der Waals surface area contributed by atoms with Gasteiger partial charge in [0.05, 0.1) is 17.5 Å². The molecule has 2 aliphatic heterocycles. The van der Waals surface area contributed by atoms with Crippen molar-refractivity contribution in [2.75, 3.05) is 19.8 Å². The van der Waals surface area contributed by atoms with Crippen LogP contribution < -0.4 is 5.32 Å². The summed E-state index contributed by atoms with van der Waals surface area (Å²) in [5, 5.41) is 9.63. The summed E-state index contributed by atoms with van der Waals surface area (Å²) in [5.41, 5.74) is 0. The molecular formula is C19H25N5O3S. The Morgan fingerprint density at radius 2 is 2.14 bits per heavy atom. The van der Waals surface area contributed by atoms with Crippen molar-refractivity contribution >= 4 is 23.2 Å². The molecule has 2 aliphatic rings. The van der Waals surface area contributed by atoms with Crippen molar-refractivity contribution in [2.24, 2.45) is 5.92 Å². The van der Waals surface area contributed by atoms with Gasteiger partial charge in [0.25, 0.3) is 5.91 Å². The minimum Gasteiger partial charge on any atom is -0.381 e. The summed E-state index contributed by atoms with van der Waals surface area (Å²) in [6, 6.07) is 3.91. The number of aromatic nitrogens is 3. The van der Waals surface area contributed by atoms with Crippen LogP contribution in [0.25, 0.3) is 0 Å². The summed E-state index contributed by atoms with van der Waals surface area (Å²) in [6.07, 6.45) is 3.57. The number of aryl methyl sites for hydroxylation is 1. The molecule has 2 fully saturated rings. The van der Waals surface area contributed by atoms with Crippen LogP contribution in [0.5, 0.6) is 0 Å². The van der Waals surface area contributed by atoms with E-state index in [0.717, 1.165) is 42.9 Å². The highest BCUT2D eigenvalue weighted by Crippen LogP contribution is 2.37. The number of aromatic amines is 1. The molecule has 0 radical (unpaired) electrons. The molecule has 8 nitrogen and oxygen atoms in total. The number of hydrogen-bond donors (Lipinski definition) is 2. The molecule has 1 atom stereocenters. The number of amides is 2. The molecule has 0 saturated carbocycles. The lowest BCUT2D eigenvalue weighted by Crippen LogP contribution is -2.37. The predicted molar refractivity (Wildman–Crippen MR) is 104 cm³/mol. The molecule has 2 saturated heterocycles. The number of thiophene rings is 1. The van der Waals surface area contributed by atoms with Crippen molar-refractivity contribution in [1.29, 1.82) is 0 Å². The first-order chi connectivity index (χ1) is 13.6. The van der Waals surface area contributed by atoms with Crippen LogP contribution in [0.4, 0.5) is 0 Å². The maximum Gasteiger partial charge on any atom is 0.261 e. The fourth-order valence-corrected chi connectivity index (χ4v) is 4.95. The van der Waals surface area contributed by atoms with Gasteiger partial charge in [-0.2, -0.15) is 5.10 Å². The Morgan fingerprint density at radius 3 is 2.89 bits per heavy atom. The summed E-state index contributed by atoms with van der Waals surface area (Å²) >= 11 is 1.47. The number of ether oxygens (including phenoxy) is 1. The van der Waals surface area contributed by atoms with Gasteiger partial charge < -0.3 is 15.0 Å². The van der Waals surface area contributed by atoms with E-state index in [1.807, 2.05) is 24.0 Å². The van der Waals surface area contributed by atoms with Gasteiger partial charge in [0.1, 0.15) is 5.82 Å². The molecule has 2 aromatic heterocycles. The molecule has 9 heteroatoms. The topological polar surface area (TPSA) is 100 Å². The second kappa shape index (κ2) is 8.40. The number of hydrogen-bond acceptors (Lipinski definition) is 6. The van der Waals surface area contributed by atoms with E-state index >= 15 is 0 Å². The first-order valence-electron chi connectivity index (χ1n) is 9.76. The first-order valence-corrected chi connectivity index (χ1v) is 10.6. The van der Waals surface area contributed by atoms with Crippen molar-refractivity contribution in [2.45, 2.75) is 45.2 Å². The van der Waals surface area contributed by atoms with Gasteiger partial charge in [0, 0.05) is 30.6 Å². The molecule has 150 valence electrons. The highest BCUT2D eigenvalue weighted by Gasteiger charge is 2.35.